The molecule has 3 aromatic rings. The van der Waals surface area contributed by atoms with Crippen molar-refractivity contribution in [2.24, 2.45) is 0 Å². The van der Waals surface area contributed by atoms with Crippen LogP contribution in [0.4, 0.5) is 0 Å². The number of unbranched alkanes of at least 4 members (excludes halogenated alkanes) is 2. The van der Waals surface area contributed by atoms with Gasteiger partial charge in [-0.25, -0.2) is 0 Å². The Morgan fingerprint density at radius 1 is 1.11 bits per heavy atom. The molecule has 6 heteroatoms. The number of rotatable bonds is 6. The lowest BCUT2D eigenvalue weighted by molar-refractivity contribution is 0.0740. The molecule has 4 nitrogen and oxygen atoms in total. The van der Waals surface area contributed by atoms with Gasteiger partial charge >= 0.3 is 0 Å². The molecule has 0 radical (unpaired) electrons. The molecule has 4 rings (SSSR count). The van der Waals surface area contributed by atoms with E-state index in [4.69, 9.17) is 23.2 Å². The van der Waals surface area contributed by atoms with Gasteiger partial charge in [0.25, 0.3) is 5.91 Å². The Kier molecular flexibility index (Phi) is 5.42. The molecule has 1 N–H and O–H groups in total. The second-order valence-electron chi connectivity index (χ2n) is 7.00. The Morgan fingerprint density at radius 3 is 2.61 bits per heavy atom. The number of H-pyrrole nitrogens is 1. The third-order valence-corrected chi connectivity index (χ3v) is 5.73. The van der Waals surface area contributed by atoms with E-state index >= 15 is 0 Å². The standard InChI is InChI=1S/C22H21Cl2N3O/c1-2-3-7-12-27-21(16-11-10-15(23)13-17(16)24)18-19(14-8-5-4-6-9-14)25-26-20(18)22(27)28/h4-6,8-11,13,21H,2-3,7,12H2,1H3,(H,25,26). The van der Waals surface area contributed by atoms with Crippen LogP contribution in [0.1, 0.15) is 53.8 Å². The predicted molar refractivity (Wildman–Crippen MR) is 113 cm³/mol. The van der Waals surface area contributed by atoms with Gasteiger partial charge in [-0.05, 0) is 24.1 Å². The second kappa shape index (κ2) is 7.98. The molecule has 0 fully saturated rings. The predicted octanol–water partition coefficient (Wildman–Crippen LogP) is 6.12. The van der Waals surface area contributed by atoms with E-state index < -0.39 is 0 Å². The number of halogens is 2. The summed E-state index contributed by atoms with van der Waals surface area (Å²) in [5.41, 5.74) is 4.06. The molecule has 1 aliphatic heterocycles. The topological polar surface area (TPSA) is 49.0 Å². The van der Waals surface area contributed by atoms with Crippen molar-refractivity contribution in [1.29, 1.82) is 0 Å². The zero-order valence-corrected chi connectivity index (χ0v) is 17.1. The van der Waals surface area contributed by atoms with Crippen LogP contribution in [-0.4, -0.2) is 27.5 Å². The lowest BCUT2D eigenvalue weighted by Crippen LogP contribution is -2.30. The van der Waals surface area contributed by atoms with E-state index in [1.807, 2.05) is 47.4 Å². The largest absolute Gasteiger partial charge is 0.326 e. The Bertz CT molecular complexity index is 1000. The molecule has 0 aliphatic carbocycles. The Morgan fingerprint density at radius 2 is 1.89 bits per heavy atom. The first-order valence-electron chi connectivity index (χ1n) is 9.51. The molecule has 0 spiro atoms. The Labute approximate surface area is 174 Å². The van der Waals surface area contributed by atoms with Crippen LogP contribution < -0.4 is 0 Å². The van der Waals surface area contributed by atoms with E-state index in [2.05, 4.69) is 17.1 Å². The number of nitrogens with zero attached hydrogens (tertiary/aromatic N) is 2. The van der Waals surface area contributed by atoms with Gasteiger partial charge in [-0.15, -0.1) is 0 Å². The van der Waals surface area contributed by atoms with Gasteiger partial charge in [0, 0.05) is 27.7 Å². The number of nitrogens with one attached hydrogen (secondary N) is 1. The van der Waals surface area contributed by atoms with E-state index in [1.165, 1.54) is 0 Å². The summed E-state index contributed by atoms with van der Waals surface area (Å²) in [5, 5.41) is 8.58. The maximum absolute atomic E-state index is 13.2. The number of fused-ring (bicyclic) bond motifs is 1. The molecule has 1 aromatic heterocycles. The first-order valence-corrected chi connectivity index (χ1v) is 10.3. The van der Waals surface area contributed by atoms with Crippen molar-refractivity contribution in [2.45, 2.75) is 32.2 Å². The highest BCUT2D eigenvalue weighted by atomic mass is 35.5. The van der Waals surface area contributed by atoms with Crippen LogP contribution in [0, 0.1) is 0 Å². The normalized spacial score (nSPS) is 15.9. The molecule has 1 atom stereocenters. The van der Waals surface area contributed by atoms with Crippen molar-refractivity contribution >= 4 is 29.1 Å². The number of hydrogen-bond acceptors (Lipinski definition) is 2. The summed E-state index contributed by atoms with van der Waals surface area (Å²) in [7, 11) is 0. The minimum absolute atomic E-state index is 0.0307. The minimum Gasteiger partial charge on any atom is -0.326 e. The summed E-state index contributed by atoms with van der Waals surface area (Å²) in [6, 6.07) is 15.1. The SMILES string of the molecule is CCCCCN1C(=O)c2[nH]nc(-c3ccccc3)c2C1c1ccc(Cl)cc1Cl. The van der Waals surface area contributed by atoms with Crippen molar-refractivity contribution in [3.05, 3.63) is 75.4 Å². The fraction of sp³-hybridized carbons (Fsp3) is 0.273. The van der Waals surface area contributed by atoms with Gasteiger partial charge in [0.15, 0.2) is 0 Å². The lowest BCUT2D eigenvalue weighted by atomic mass is 9.96. The van der Waals surface area contributed by atoms with Gasteiger partial charge < -0.3 is 4.90 Å². The van der Waals surface area contributed by atoms with Gasteiger partial charge in [0.1, 0.15) is 5.69 Å². The molecule has 0 bridgehead atoms. The Balaban J connectivity index is 1.85. The molecule has 1 amide bonds. The van der Waals surface area contributed by atoms with Crippen LogP contribution in [0.3, 0.4) is 0 Å². The van der Waals surface area contributed by atoms with Gasteiger partial charge in [-0.3, -0.25) is 9.89 Å². The number of carbonyl (C=O) groups is 1. The molecule has 28 heavy (non-hydrogen) atoms. The maximum atomic E-state index is 13.2. The summed E-state index contributed by atoms with van der Waals surface area (Å²) in [6.07, 6.45) is 3.11. The molecular formula is C22H21Cl2N3O. The van der Waals surface area contributed by atoms with Crippen molar-refractivity contribution in [2.75, 3.05) is 6.54 Å². The number of aromatic nitrogens is 2. The van der Waals surface area contributed by atoms with E-state index in [9.17, 15) is 4.79 Å². The monoisotopic (exact) mass is 413 g/mol. The summed E-state index contributed by atoms with van der Waals surface area (Å²) >= 11 is 12.7. The van der Waals surface area contributed by atoms with Crippen molar-refractivity contribution in [1.82, 2.24) is 15.1 Å². The third-order valence-electron chi connectivity index (χ3n) is 5.17. The summed E-state index contributed by atoms with van der Waals surface area (Å²) in [4.78, 5) is 15.1. The number of hydrogen-bond donors (Lipinski definition) is 1. The van der Waals surface area contributed by atoms with Crippen LogP contribution >= 0.6 is 23.2 Å². The molecule has 1 aliphatic rings. The van der Waals surface area contributed by atoms with Gasteiger partial charge in [-0.1, -0.05) is 79.4 Å². The summed E-state index contributed by atoms with van der Waals surface area (Å²) in [6.45, 7) is 2.83. The fourth-order valence-corrected chi connectivity index (χ4v) is 4.33. The van der Waals surface area contributed by atoms with Crippen LogP contribution in [0.25, 0.3) is 11.3 Å². The molecule has 0 saturated carbocycles. The highest BCUT2D eigenvalue weighted by Crippen LogP contribution is 2.45. The van der Waals surface area contributed by atoms with E-state index in [0.29, 0.717) is 22.3 Å². The van der Waals surface area contributed by atoms with Crippen molar-refractivity contribution in [3.8, 4) is 11.3 Å². The smallest absolute Gasteiger partial charge is 0.273 e. The highest BCUT2D eigenvalue weighted by Gasteiger charge is 2.42. The fourth-order valence-electron chi connectivity index (χ4n) is 3.82. The maximum Gasteiger partial charge on any atom is 0.273 e. The van der Waals surface area contributed by atoms with E-state index in [1.54, 1.807) is 6.07 Å². The zero-order valence-electron chi connectivity index (χ0n) is 15.6. The first-order chi connectivity index (χ1) is 13.6. The zero-order chi connectivity index (χ0) is 19.7. The summed E-state index contributed by atoms with van der Waals surface area (Å²) in [5.74, 6) is -0.0307. The average molecular weight is 414 g/mol. The van der Waals surface area contributed by atoms with Crippen LogP contribution in [0.15, 0.2) is 48.5 Å². The molecule has 144 valence electrons. The van der Waals surface area contributed by atoms with E-state index in [0.717, 1.165) is 41.6 Å². The molecule has 1 unspecified atom stereocenters. The number of amides is 1. The van der Waals surface area contributed by atoms with Gasteiger partial charge in [-0.2, -0.15) is 5.10 Å². The molecule has 0 saturated heterocycles. The lowest BCUT2D eigenvalue weighted by Gasteiger charge is -2.27. The van der Waals surface area contributed by atoms with Gasteiger partial charge in [0.05, 0.1) is 11.7 Å². The van der Waals surface area contributed by atoms with Crippen LogP contribution in [0.5, 0.6) is 0 Å². The van der Waals surface area contributed by atoms with Crippen molar-refractivity contribution < 1.29 is 4.79 Å². The average Bonchev–Trinajstić information content (AvgIpc) is 3.23. The van der Waals surface area contributed by atoms with Crippen molar-refractivity contribution in [3.63, 3.8) is 0 Å². The van der Waals surface area contributed by atoms with E-state index in [-0.39, 0.29) is 11.9 Å². The second-order valence-corrected chi connectivity index (χ2v) is 7.84. The molecule has 2 aromatic carbocycles. The van der Waals surface area contributed by atoms with Gasteiger partial charge in [0.2, 0.25) is 0 Å². The molecule has 2 heterocycles. The number of benzene rings is 2. The quantitative estimate of drug-likeness (QED) is 0.494. The first kappa shape index (κ1) is 19.0. The number of carbonyl (C=O) groups excluding carboxylic acids is 1. The molecular weight excluding hydrogens is 393 g/mol. The van der Waals surface area contributed by atoms with Crippen LogP contribution in [-0.2, 0) is 0 Å². The van der Waals surface area contributed by atoms with Crippen LogP contribution in [0.2, 0.25) is 10.0 Å². The summed E-state index contributed by atoms with van der Waals surface area (Å²) < 4.78 is 0. The highest BCUT2D eigenvalue weighted by molar-refractivity contribution is 6.35. The minimum atomic E-state index is -0.280. The third kappa shape index (κ3) is 3.31. The number of aromatic amines is 1. The Hall–Kier alpha value is -2.30.